The predicted molar refractivity (Wildman–Crippen MR) is 111 cm³/mol. The molecular formula is C22H23ClN4O2. The lowest BCUT2D eigenvalue weighted by Crippen LogP contribution is -2.38. The maximum absolute atomic E-state index is 11.6. The van der Waals surface area contributed by atoms with Gasteiger partial charge in [-0.1, -0.05) is 11.6 Å². The summed E-state index contributed by atoms with van der Waals surface area (Å²) >= 11 is 5.98. The number of aryl methyl sites for hydroxylation is 1. The lowest BCUT2D eigenvalue weighted by molar-refractivity contribution is -0.119. The van der Waals surface area contributed by atoms with Crippen LogP contribution in [0.4, 0.5) is 0 Å². The quantitative estimate of drug-likeness (QED) is 0.637. The Morgan fingerprint density at radius 1 is 1.17 bits per heavy atom. The van der Waals surface area contributed by atoms with Gasteiger partial charge in [0.05, 0.1) is 5.69 Å². The van der Waals surface area contributed by atoms with Crippen molar-refractivity contribution in [3.8, 4) is 11.5 Å². The molecule has 3 heterocycles. The second-order valence-electron chi connectivity index (χ2n) is 7.36. The van der Waals surface area contributed by atoms with E-state index in [4.69, 9.17) is 21.0 Å². The van der Waals surface area contributed by atoms with Gasteiger partial charge in [-0.05, 0) is 55.3 Å². The zero-order valence-corrected chi connectivity index (χ0v) is 17.0. The zero-order chi connectivity index (χ0) is 20.2. The minimum absolute atomic E-state index is 0.126. The molecule has 6 nitrogen and oxygen atoms in total. The lowest BCUT2D eigenvalue weighted by Gasteiger charge is -2.25. The predicted octanol–water partition coefficient (Wildman–Crippen LogP) is 3.98. The van der Waals surface area contributed by atoms with Crippen LogP contribution >= 0.6 is 11.6 Å². The molecule has 0 radical (unpaired) electrons. The van der Waals surface area contributed by atoms with Gasteiger partial charge in [0.15, 0.2) is 0 Å². The Morgan fingerprint density at radius 2 is 1.93 bits per heavy atom. The van der Waals surface area contributed by atoms with E-state index in [-0.39, 0.29) is 11.9 Å². The van der Waals surface area contributed by atoms with E-state index in [2.05, 4.69) is 15.2 Å². The van der Waals surface area contributed by atoms with E-state index >= 15 is 0 Å². The van der Waals surface area contributed by atoms with Crippen LogP contribution in [0.25, 0.3) is 11.5 Å². The van der Waals surface area contributed by atoms with E-state index < -0.39 is 0 Å². The fraction of sp³-hybridized carbons (Fsp3) is 0.318. The number of rotatable bonds is 7. The Hall–Kier alpha value is -2.70. The molecule has 29 heavy (non-hydrogen) atoms. The van der Waals surface area contributed by atoms with Crippen LogP contribution in [0.1, 0.15) is 29.9 Å². The number of hydrogen-bond donors (Lipinski definition) is 1. The first-order valence-corrected chi connectivity index (χ1v) is 10.1. The highest BCUT2D eigenvalue weighted by molar-refractivity contribution is 6.30. The van der Waals surface area contributed by atoms with E-state index in [1.54, 1.807) is 12.4 Å². The molecule has 1 amide bonds. The summed E-state index contributed by atoms with van der Waals surface area (Å²) in [6, 6.07) is 11.6. The second kappa shape index (κ2) is 8.76. The highest BCUT2D eigenvalue weighted by atomic mass is 35.5. The van der Waals surface area contributed by atoms with Crippen molar-refractivity contribution in [1.29, 1.82) is 0 Å². The number of carbonyl (C=O) groups excluding carboxylic acids is 1. The van der Waals surface area contributed by atoms with Gasteiger partial charge in [0.25, 0.3) is 0 Å². The Kier molecular flexibility index (Phi) is 5.92. The van der Waals surface area contributed by atoms with Crippen LogP contribution in [0.15, 0.2) is 53.2 Å². The highest BCUT2D eigenvalue weighted by Crippen LogP contribution is 2.24. The first-order chi connectivity index (χ1) is 14.1. The summed E-state index contributed by atoms with van der Waals surface area (Å²) < 4.78 is 5.92. The van der Waals surface area contributed by atoms with Crippen molar-refractivity contribution >= 4 is 17.5 Å². The average molecular weight is 411 g/mol. The average Bonchev–Trinajstić information content (AvgIpc) is 3.28. The first-order valence-electron chi connectivity index (χ1n) is 9.69. The normalized spacial score (nSPS) is 16.4. The van der Waals surface area contributed by atoms with Gasteiger partial charge in [-0.25, -0.2) is 4.98 Å². The van der Waals surface area contributed by atoms with Crippen molar-refractivity contribution in [2.75, 3.05) is 6.54 Å². The molecule has 1 aromatic carbocycles. The summed E-state index contributed by atoms with van der Waals surface area (Å²) in [5.74, 6) is 1.51. The zero-order valence-electron chi connectivity index (χ0n) is 16.3. The number of hydrogen-bond acceptors (Lipinski definition) is 5. The molecule has 3 aromatic rings. The van der Waals surface area contributed by atoms with Gasteiger partial charge in [0.1, 0.15) is 5.76 Å². The van der Waals surface area contributed by atoms with Crippen LogP contribution in [0.5, 0.6) is 0 Å². The second-order valence-corrected chi connectivity index (χ2v) is 7.79. The van der Waals surface area contributed by atoms with Crippen molar-refractivity contribution in [2.24, 2.45) is 0 Å². The molecule has 0 saturated carbocycles. The maximum Gasteiger partial charge on any atom is 0.226 e. The van der Waals surface area contributed by atoms with Gasteiger partial charge in [0.2, 0.25) is 11.8 Å². The molecule has 150 valence electrons. The molecule has 7 heteroatoms. The van der Waals surface area contributed by atoms with Gasteiger partial charge in [-0.3, -0.25) is 14.7 Å². The molecule has 1 aliphatic heterocycles. The number of carbonyl (C=O) groups is 1. The van der Waals surface area contributed by atoms with E-state index in [0.717, 1.165) is 36.5 Å². The van der Waals surface area contributed by atoms with Crippen LogP contribution in [0, 0.1) is 6.92 Å². The topological polar surface area (TPSA) is 71.3 Å². The molecule has 1 aliphatic rings. The SMILES string of the molecule is Cc1oc(-c2ccc(Cl)cc2)nc1CN(Cc1ccncc1)C[C@@H]1CCC(=O)N1. The van der Waals surface area contributed by atoms with Crippen molar-refractivity contribution in [2.45, 2.75) is 38.9 Å². The fourth-order valence-corrected chi connectivity index (χ4v) is 3.69. The molecule has 0 unspecified atom stereocenters. The molecule has 1 fully saturated rings. The van der Waals surface area contributed by atoms with Crippen LogP contribution in [-0.2, 0) is 17.9 Å². The maximum atomic E-state index is 11.6. The number of nitrogens with one attached hydrogen (secondary N) is 1. The molecule has 1 atom stereocenters. The smallest absolute Gasteiger partial charge is 0.226 e. The number of amides is 1. The van der Waals surface area contributed by atoms with E-state index in [0.29, 0.717) is 23.9 Å². The van der Waals surface area contributed by atoms with Gasteiger partial charge in [-0.2, -0.15) is 0 Å². The summed E-state index contributed by atoms with van der Waals surface area (Å²) in [7, 11) is 0. The van der Waals surface area contributed by atoms with Crippen LogP contribution in [-0.4, -0.2) is 33.4 Å². The Morgan fingerprint density at radius 3 is 2.62 bits per heavy atom. The summed E-state index contributed by atoms with van der Waals surface area (Å²) in [6.07, 6.45) is 5.05. The Bertz CT molecular complexity index is 972. The van der Waals surface area contributed by atoms with Gasteiger partial charge >= 0.3 is 0 Å². The standard InChI is InChI=1S/C22H23ClN4O2/c1-15-20(26-22(29-15)17-2-4-18(23)5-3-17)14-27(12-16-8-10-24-11-9-16)13-19-6-7-21(28)25-19/h2-5,8-11,19H,6-7,12-14H2,1H3,(H,25,28)/t19-/m0/s1. The third-order valence-electron chi connectivity index (χ3n) is 5.08. The molecule has 4 rings (SSSR count). The number of pyridine rings is 1. The van der Waals surface area contributed by atoms with Gasteiger partial charge < -0.3 is 9.73 Å². The summed E-state index contributed by atoms with van der Waals surface area (Å²) in [6.45, 7) is 4.08. The van der Waals surface area contributed by atoms with Gasteiger partial charge in [-0.15, -0.1) is 0 Å². The van der Waals surface area contributed by atoms with E-state index in [1.165, 1.54) is 5.56 Å². The molecule has 1 saturated heterocycles. The number of aromatic nitrogens is 2. The number of benzene rings is 1. The number of halogens is 1. The molecule has 0 bridgehead atoms. The van der Waals surface area contributed by atoms with Crippen molar-refractivity contribution in [3.63, 3.8) is 0 Å². The number of nitrogens with zero attached hydrogens (tertiary/aromatic N) is 3. The minimum atomic E-state index is 0.126. The van der Waals surface area contributed by atoms with Crippen LogP contribution in [0.2, 0.25) is 5.02 Å². The molecule has 2 aromatic heterocycles. The van der Waals surface area contributed by atoms with E-state index in [9.17, 15) is 4.79 Å². The van der Waals surface area contributed by atoms with Crippen molar-refractivity contribution in [3.05, 3.63) is 70.8 Å². The molecule has 1 N–H and O–H groups in total. The molecule has 0 aliphatic carbocycles. The van der Waals surface area contributed by atoms with Crippen LogP contribution < -0.4 is 5.32 Å². The van der Waals surface area contributed by atoms with Crippen LogP contribution in [0.3, 0.4) is 0 Å². The minimum Gasteiger partial charge on any atom is -0.441 e. The summed E-state index contributed by atoms with van der Waals surface area (Å²) in [5, 5.41) is 3.74. The first kappa shape index (κ1) is 19.6. The third-order valence-corrected chi connectivity index (χ3v) is 5.33. The monoisotopic (exact) mass is 410 g/mol. The fourth-order valence-electron chi connectivity index (χ4n) is 3.56. The largest absolute Gasteiger partial charge is 0.441 e. The summed E-state index contributed by atoms with van der Waals surface area (Å²) in [4.78, 5) is 22.7. The summed E-state index contributed by atoms with van der Waals surface area (Å²) in [5.41, 5.74) is 2.96. The molecule has 0 spiro atoms. The Labute approximate surface area is 174 Å². The lowest BCUT2D eigenvalue weighted by atomic mass is 10.1. The Balaban J connectivity index is 1.53. The third kappa shape index (κ3) is 5.02. The van der Waals surface area contributed by atoms with Gasteiger partial charge in [0, 0.05) is 55.1 Å². The van der Waals surface area contributed by atoms with Crippen molar-refractivity contribution in [1.82, 2.24) is 20.2 Å². The number of oxazole rings is 1. The highest BCUT2D eigenvalue weighted by Gasteiger charge is 2.24. The van der Waals surface area contributed by atoms with E-state index in [1.807, 2.05) is 43.3 Å². The van der Waals surface area contributed by atoms with Crippen molar-refractivity contribution < 1.29 is 9.21 Å². The molecular weight excluding hydrogens is 388 g/mol.